The van der Waals surface area contributed by atoms with E-state index in [2.05, 4.69) is 11.1 Å². The largest absolute Gasteiger partial charge is 0.465 e. The third-order valence-electron chi connectivity index (χ3n) is 4.15. The quantitative estimate of drug-likeness (QED) is 0.657. The van der Waals surface area contributed by atoms with E-state index in [-0.39, 0.29) is 5.56 Å². The van der Waals surface area contributed by atoms with E-state index in [4.69, 9.17) is 13.9 Å². The first-order valence-corrected chi connectivity index (χ1v) is 7.91. The Hall–Kier alpha value is -2.82. The number of esters is 1. The lowest BCUT2D eigenvalue weighted by Gasteiger charge is -2.10. The summed E-state index contributed by atoms with van der Waals surface area (Å²) in [5.41, 5.74) is 2.50. The summed E-state index contributed by atoms with van der Waals surface area (Å²) in [6.45, 7) is 1.81. The van der Waals surface area contributed by atoms with Gasteiger partial charge in [0.1, 0.15) is 22.6 Å². The molecule has 1 aromatic carbocycles. The van der Waals surface area contributed by atoms with Gasteiger partial charge in [-0.1, -0.05) is 12.1 Å². The molecule has 4 rings (SSSR count). The van der Waals surface area contributed by atoms with Crippen LogP contribution in [0.25, 0.3) is 11.1 Å². The van der Waals surface area contributed by atoms with E-state index in [9.17, 15) is 4.79 Å². The van der Waals surface area contributed by atoms with Crippen LogP contribution in [0.4, 0.5) is 0 Å². The summed E-state index contributed by atoms with van der Waals surface area (Å²) < 4.78 is 16.5. The number of hydrogen-bond acceptors (Lipinski definition) is 5. The third kappa shape index (κ3) is 2.62. The molecule has 5 heteroatoms. The van der Waals surface area contributed by atoms with E-state index in [0.29, 0.717) is 34.3 Å². The fraction of sp³-hybridized carbons (Fsp3) is 0.263. The van der Waals surface area contributed by atoms with Gasteiger partial charge in [-0.2, -0.15) is 0 Å². The molecule has 2 aromatic heterocycles. The van der Waals surface area contributed by atoms with Gasteiger partial charge in [-0.15, -0.1) is 0 Å². The molecule has 1 aliphatic carbocycles. The molecule has 3 aromatic rings. The number of carbonyl (C=O) groups is 1. The minimum absolute atomic E-state index is 0.257. The molecule has 1 aliphatic rings. The molecule has 122 valence electrons. The highest BCUT2D eigenvalue weighted by molar-refractivity contribution is 6.03. The van der Waals surface area contributed by atoms with Crippen LogP contribution in [-0.2, 0) is 4.74 Å². The van der Waals surface area contributed by atoms with E-state index in [0.717, 1.165) is 0 Å². The highest BCUT2D eigenvalue weighted by Crippen LogP contribution is 2.41. The number of aryl methyl sites for hydroxylation is 1. The molecule has 0 amide bonds. The molecule has 0 spiro atoms. The predicted molar refractivity (Wildman–Crippen MR) is 88.6 cm³/mol. The van der Waals surface area contributed by atoms with Crippen molar-refractivity contribution in [3.05, 3.63) is 53.4 Å². The first kappa shape index (κ1) is 14.8. The summed E-state index contributed by atoms with van der Waals surface area (Å²) >= 11 is 0. The van der Waals surface area contributed by atoms with Gasteiger partial charge in [0.15, 0.2) is 11.3 Å². The van der Waals surface area contributed by atoms with Gasteiger partial charge >= 0.3 is 5.97 Å². The first-order valence-electron chi connectivity index (χ1n) is 7.91. The second-order valence-corrected chi connectivity index (χ2v) is 6.01. The molecule has 5 nitrogen and oxygen atoms in total. The van der Waals surface area contributed by atoms with Gasteiger partial charge in [0.25, 0.3) is 0 Å². The molecule has 1 fully saturated rings. The maximum Gasteiger partial charge on any atom is 0.345 e. The summed E-state index contributed by atoms with van der Waals surface area (Å²) in [6, 6.07) is 9.72. The number of pyridine rings is 1. The topological polar surface area (TPSA) is 61.6 Å². The zero-order chi connectivity index (χ0) is 16.7. The SMILES string of the molecule is COC(=O)c1c(Oc2cccc(C3CC3)c2)cnc2cc(C)oc12. The van der Waals surface area contributed by atoms with Gasteiger partial charge in [-0.05, 0) is 43.4 Å². The van der Waals surface area contributed by atoms with Crippen LogP contribution >= 0.6 is 0 Å². The first-order chi connectivity index (χ1) is 11.7. The van der Waals surface area contributed by atoms with Crippen molar-refractivity contribution in [1.29, 1.82) is 0 Å². The highest BCUT2D eigenvalue weighted by Gasteiger charge is 2.25. The average molecular weight is 323 g/mol. The zero-order valence-corrected chi connectivity index (χ0v) is 13.5. The lowest BCUT2D eigenvalue weighted by Crippen LogP contribution is -2.05. The summed E-state index contributed by atoms with van der Waals surface area (Å²) in [5, 5.41) is 0. The number of rotatable bonds is 4. The highest BCUT2D eigenvalue weighted by atomic mass is 16.5. The van der Waals surface area contributed by atoms with Gasteiger partial charge < -0.3 is 13.9 Å². The minimum atomic E-state index is -0.509. The Morgan fingerprint density at radius 3 is 2.88 bits per heavy atom. The normalized spacial score (nSPS) is 13.9. The molecular formula is C19H17NO4. The van der Waals surface area contributed by atoms with Gasteiger partial charge in [0.05, 0.1) is 13.3 Å². The Morgan fingerprint density at radius 1 is 1.29 bits per heavy atom. The van der Waals surface area contributed by atoms with E-state index < -0.39 is 5.97 Å². The van der Waals surface area contributed by atoms with Crippen LogP contribution in [-0.4, -0.2) is 18.1 Å². The van der Waals surface area contributed by atoms with Crippen LogP contribution in [0.15, 0.2) is 40.9 Å². The van der Waals surface area contributed by atoms with Gasteiger partial charge in [0.2, 0.25) is 0 Å². The summed E-state index contributed by atoms with van der Waals surface area (Å²) in [7, 11) is 1.34. The predicted octanol–water partition coefficient (Wildman–Crippen LogP) is 4.59. The third-order valence-corrected chi connectivity index (χ3v) is 4.15. The second-order valence-electron chi connectivity index (χ2n) is 6.01. The minimum Gasteiger partial charge on any atom is -0.465 e. The van der Waals surface area contributed by atoms with Crippen LogP contribution in [0.3, 0.4) is 0 Å². The van der Waals surface area contributed by atoms with E-state index in [1.54, 1.807) is 6.07 Å². The number of hydrogen-bond donors (Lipinski definition) is 0. The molecule has 2 heterocycles. The van der Waals surface area contributed by atoms with Crippen LogP contribution in [0, 0.1) is 6.92 Å². The fourth-order valence-corrected chi connectivity index (χ4v) is 2.83. The van der Waals surface area contributed by atoms with E-state index in [1.165, 1.54) is 31.7 Å². The van der Waals surface area contributed by atoms with Crippen molar-refractivity contribution in [1.82, 2.24) is 4.98 Å². The second kappa shape index (κ2) is 5.67. The number of benzene rings is 1. The summed E-state index contributed by atoms with van der Waals surface area (Å²) in [6.07, 6.45) is 3.97. The van der Waals surface area contributed by atoms with Crippen molar-refractivity contribution in [2.45, 2.75) is 25.7 Å². The van der Waals surface area contributed by atoms with E-state index >= 15 is 0 Å². The molecule has 1 saturated carbocycles. The molecule has 0 bridgehead atoms. The molecule has 24 heavy (non-hydrogen) atoms. The van der Waals surface area contributed by atoms with Crippen LogP contribution in [0.2, 0.25) is 0 Å². The summed E-state index contributed by atoms with van der Waals surface area (Å²) in [5.74, 6) is 1.80. The van der Waals surface area contributed by atoms with Crippen molar-refractivity contribution in [2.75, 3.05) is 7.11 Å². The van der Waals surface area contributed by atoms with Gasteiger partial charge in [-0.25, -0.2) is 9.78 Å². The smallest absolute Gasteiger partial charge is 0.345 e. The molecule has 0 N–H and O–H groups in total. The molecule has 0 radical (unpaired) electrons. The standard InChI is InChI=1S/C19H17NO4/c1-11-8-15-18(23-11)17(19(21)22-2)16(10-20-15)24-14-5-3-4-13(9-14)12-6-7-12/h3-5,8-10,12H,6-7H2,1-2H3. The van der Waals surface area contributed by atoms with Crippen molar-refractivity contribution < 1.29 is 18.7 Å². The number of furan rings is 1. The molecule has 0 saturated heterocycles. The lowest BCUT2D eigenvalue weighted by atomic mass is 10.1. The maximum absolute atomic E-state index is 12.2. The van der Waals surface area contributed by atoms with Crippen molar-refractivity contribution in [3.8, 4) is 11.5 Å². The molecule has 0 aliphatic heterocycles. The van der Waals surface area contributed by atoms with E-state index in [1.807, 2.05) is 25.1 Å². The lowest BCUT2D eigenvalue weighted by molar-refractivity contribution is 0.0599. The Balaban J connectivity index is 1.78. The van der Waals surface area contributed by atoms with Crippen molar-refractivity contribution in [3.63, 3.8) is 0 Å². The summed E-state index contributed by atoms with van der Waals surface area (Å²) in [4.78, 5) is 16.6. The van der Waals surface area contributed by atoms with Crippen LogP contribution < -0.4 is 4.74 Å². The number of nitrogens with zero attached hydrogens (tertiary/aromatic N) is 1. The molecule has 0 atom stereocenters. The van der Waals surface area contributed by atoms with Crippen LogP contribution in [0.5, 0.6) is 11.5 Å². The number of aromatic nitrogens is 1. The number of carbonyl (C=O) groups excluding carboxylic acids is 1. The van der Waals surface area contributed by atoms with Crippen LogP contribution in [0.1, 0.15) is 40.4 Å². The van der Waals surface area contributed by atoms with Gasteiger partial charge in [0, 0.05) is 6.07 Å². The monoisotopic (exact) mass is 323 g/mol. The number of ether oxygens (including phenoxy) is 2. The zero-order valence-electron chi connectivity index (χ0n) is 13.5. The van der Waals surface area contributed by atoms with Crippen molar-refractivity contribution in [2.24, 2.45) is 0 Å². The Kier molecular flexibility index (Phi) is 3.49. The molecular weight excluding hydrogens is 306 g/mol. The van der Waals surface area contributed by atoms with Gasteiger partial charge in [-0.3, -0.25) is 0 Å². The number of fused-ring (bicyclic) bond motifs is 1. The average Bonchev–Trinajstić information content (AvgIpc) is 3.36. The Morgan fingerprint density at radius 2 is 2.12 bits per heavy atom. The molecule has 0 unspecified atom stereocenters. The maximum atomic E-state index is 12.2. The number of methoxy groups -OCH3 is 1. The Labute approximate surface area is 139 Å². The fourth-order valence-electron chi connectivity index (χ4n) is 2.83. The van der Waals surface area contributed by atoms with Crippen molar-refractivity contribution >= 4 is 17.1 Å². The Bertz CT molecular complexity index is 924.